The number of carbonyl (C=O) groups is 2. The first-order valence-corrected chi connectivity index (χ1v) is 6.50. The van der Waals surface area contributed by atoms with E-state index >= 15 is 0 Å². The fourth-order valence-electron chi connectivity index (χ4n) is 2.04. The first kappa shape index (κ1) is 14.8. The molecule has 1 saturated heterocycles. The Labute approximate surface area is 108 Å². The Balaban J connectivity index is 2.21. The molecule has 6 nitrogen and oxygen atoms in total. The molecule has 1 aliphatic heterocycles. The highest BCUT2D eigenvalue weighted by Crippen LogP contribution is 2.05. The lowest BCUT2D eigenvalue weighted by Gasteiger charge is -2.19. The van der Waals surface area contributed by atoms with Crippen LogP contribution in [0.3, 0.4) is 0 Å². The molecule has 6 heteroatoms. The molecule has 0 saturated carbocycles. The lowest BCUT2D eigenvalue weighted by Crippen LogP contribution is -2.49. The highest BCUT2D eigenvalue weighted by atomic mass is 16.4. The molecule has 18 heavy (non-hydrogen) atoms. The summed E-state index contributed by atoms with van der Waals surface area (Å²) in [6, 6.07) is -1.24. The van der Waals surface area contributed by atoms with E-state index in [1.807, 2.05) is 0 Å². The van der Waals surface area contributed by atoms with Gasteiger partial charge >= 0.3 is 12.0 Å². The van der Waals surface area contributed by atoms with E-state index in [9.17, 15) is 9.59 Å². The number of carboxylic acids is 1. The third-order valence-electron chi connectivity index (χ3n) is 3.13. The number of carboxylic acid groups (broad SMARTS) is 1. The van der Waals surface area contributed by atoms with E-state index in [4.69, 9.17) is 5.11 Å². The van der Waals surface area contributed by atoms with Crippen LogP contribution in [0.4, 0.5) is 4.79 Å². The molecule has 0 aromatic rings. The van der Waals surface area contributed by atoms with Crippen LogP contribution in [-0.2, 0) is 4.79 Å². The van der Waals surface area contributed by atoms with Crippen LogP contribution in [0.5, 0.6) is 0 Å². The smallest absolute Gasteiger partial charge is 0.326 e. The summed E-state index contributed by atoms with van der Waals surface area (Å²) in [4.78, 5) is 24.7. The second kappa shape index (κ2) is 7.20. The number of hydrogen-bond donors (Lipinski definition) is 3. The zero-order chi connectivity index (χ0) is 13.5. The molecular formula is C12H23N3O3. The molecule has 0 aromatic heterocycles. The molecule has 0 bridgehead atoms. The molecular weight excluding hydrogens is 234 g/mol. The molecule has 1 aliphatic rings. The number of aliphatic carboxylic acids is 1. The zero-order valence-electron chi connectivity index (χ0n) is 11.1. The molecule has 0 aliphatic carbocycles. The summed E-state index contributed by atoms with van der Waals surface area (Å²) in [6.07, 6.45) is 2.45. The molecule has 3 N–H and O–H groups in total. The van der Waals surface area contributed by atoms with Gasteiger partial charge in [0.05, 0.1) is 0 Å². The van der Waals surface area contributed by atoms with Gasteiger partial charge in [0.25, 0.3) is 0 Å². The molecule has 2 amide bonds. The van der Waals surface area contributed by atoms with E-state index < -0.39 is 18.0 Å². The van der Waals surface area contributed by atoms with E-state index in [1.165, 1.54) is 12.8 Å². The average molecular weight is 257 g/mol. The summed E-state index contributed by atoms with van der Waals surface area (Å²) < 4.78 is 0. The predicted octanol–water partition coefficient (Wildman–Crippen LogP) is 0.491. The van der Waals surface area contributed by atoms with Crippen LogP contribution in [0.1, 0.15) is 26.7 Å². The van der Waals surface area contributed by atoms with Crippen molar-refractivity contribution in [1.29, 1.82) is 0 Å². The minimum Gasteiger partial charge on any atom is -0.480 e. The lowest BCUT2D eigenvalue weighted by molar-refractivity contribution is -0.140. The Morgan fingerprint density at radius 1 is 1.28 bits per heavy atom. The highest BCUT2D eigenvalue weighted by molar-refractivity contribution is 5.82. The van der Waals surface area contributed by atoms with Crippen molar-refractivity contribution in [2.24, 2.45) is 5.92 Å². The Hall–Kier alpha value is -1.30. The summed E-state index contributed by atoms with van der Waals surface area (Å²) >= 11 is 0. The number of rotatable bonds is 6. The average Bonchev–Trinajstić information content (AvgIpc) is 2.78. The van der Waals surface area contributed by atoms with Gasteiger partial charge in [0, 0.05) is 13.1 Å². The third-order valence-corrected chi connectivity index (χ3v) is 3.13. The SMILES string of the molecule is CC(C)C(NC(=O)NCCN1CCCC1)C(=O)O. The summed E-state index contributed by atoms with van der Waals surface area (Å²) in [5.41, 5.74) is 0. The van der Waals surface area contributed by atoms with E-state index in [0.29, 0.717) is 6.54 Å². The summed E-state index contributed by atoms with van der Waals surface area (Å²) in [6.45, 7) is 7.09. The molecule has 104 valence electrons. The molecule has 1 heterocycles. The monoisotopic (exact) mass is 257 g/mol. The van der Waals surface area contributed by atoms with Crippen LogP contribution in [0.2, 0.25) is 0 Å². The van der Waals surface area contributed by atoms with Gasteiger partial charge in [-0.2, -0.15) is 0 Å². The number of hydrogen-bond acceptors (Lipinski definition) is 3. The van der Waals surface area contributed by atoms with Gasteiger partial charge in [0.1, 0.15) is 6.04 Å². The number of carbonyl (C=O) groups excluding carboxylic acids is 1. The van der Waals surface area contributed by atoms with Crippen LogP contribution in [-0.4, -0.2) is 54.2 Å². The minimum absolute atomic E-state index is 0.133. The minimum atomic E-state index is -1.00. The third kappa shape index (κ3) is 4.91. The van der Waals surface area contributed by atoms with Gasteiger partial charge in [-0.3, -0.25) is 0 Å². The zero-order valence-corrected chi connectivity index (χ0v) is 11.1. The van der Waals surface area contributed by atoms with E-state index in [-0.39, 0.29) is 5.92 Å². The number of likely N-dealkylation sites (tertiary alicyclic amines) is 1. The Morgan fingerprint density at radius 3 is 2.39 bits per heavy atom. The number of nitrogens with one attached hydrogen (secondary N) is 2. The molecule has 1 unspecified atom stereocenters. The maximum absolute atomic E-state index is 11.5. The van der Waals surface area contributed by atoms with Crippen LogP contribution in [0.15, 0.2) is 0 Å². The van der Waals surface area contributed by atoms with Gasteiger partial charge in [-0.05, 0) is 31.8 Å². The van der Waals surface area contributed by atoms with Crippen molar-refractivity contribution < 1.29 is 14.7 Å². The number of amides is 2. The van der Waals surface area contributed by atoms with Crippen molar-refractivity contribution in [1.82, 2.24) is 15.5 Å². The first-order valence-electron chi connectivity index (χ1n) is 6.50. The van der Waals surface area contributed by atoms with E-state index in [2.05, 4.69) is 15.5 Å². The van der Waals surface area contributed by atoms with Crippen molar-refractivity contribution in [2.75, 3.05) is 26.2 Å². The maximum atomic E-state index is 11.5. The Kier molecular flexibility index (Phi) is 5.91. The second-order valence-electron chi connectivity index (χ2n) is 5.01. The normalized spacial score (nSPS) is 17.7. The largest absolute Gasteiger partial charge is 0.480 e. The van der Waals surface area contributed by atoms with Crippen molar-refractivity contribution in [3.05, 3.63) is 0 Å². The molecule has 1 fully saturated rings. The van der Waals surface area contributed by atoms with Crippen molar-refractivity contribution in [3.63, 3.8) is 0 Å². The first-order chi connectivity index (χ1) is 8.50. The maximum Gasteiger partial charge on any atom is 0.326 e. The molecule has 0 spiro atoms. The second-order valence-corrected chi connectivity index (χ2v) is 5.01. The summed E-state index contributed by atoms with van der Waals surface area (Å²) in [5, 5.41) is 14.1. The van der Waals surface area contributed by atoms with Gasteiger partial charge in [0.2, 0.25) is 0 Å². The molecule has 0 radical (unpaired) electrons. The van der Waals surface area contributed by atoms with Gasteiger partial charge in [-0.15, -0.1) is 0 Å². The van der Waals surface area contributed by atoms with Crippen LogP contribution < -0.4 is 10.6 Å². The van der Waals surface area contributed by atoms with Crippen LogP contribution >= 0.6 is 0 Å². The van der Waals surface area contributed by atoms with Crippen LogP contribution in [0, 0.1) is 5.92 Å². The van der Waals surface area contributed by atoms with Crippen molar-refractivity contribution in [2.45, 2.75) is 32.7 Å². The lowest BCUT2D eigenvalue weighted by atomic mass is 10.1. The predicted molar refractivity (Wildman–Crippen MR) is 68.5 cm³/mol. The fourth-order valence-corrected chi connectivity index (χ4v) is 2.04. The quantitative estimate of drug-likeness (QED) is 0.647. The fraction of sp³-hybridized carbons (Fsp3) is 0.833. The molecule has 1 atom stereocenters. The van der Waals surface area contributed by atoms with E-state index in [1.54, 1.807) is 13.8 Å². The number of nitrogens with zero attached hydrogens (tertiary/aromatic N) is 1. The highest BCUT2D eigenvalue weighted by Gasteiger charge is 2.23. The number of urea groups is 1. The van der Waals surface area contributed by atoms with Gasteiger partial charge in [-0.25, -0.2) is 9.59 Å². The topological polar surface area (TPSA) is 81.7 Å². The van der Waals surface area contributed by atoms with Crippen molar-refractivity contribution in [3.8, 4) is 0 Å². The Morgan fingerprint density at radius 2 is 1.89 bits per heavy atom. The van der Waals surface area contributed by atoms with Gasteiger partial charge in [0.15, 0.2) is 0 Å². The standard InChI is InChI=1S/C12H23N3O3/c1-9(2)10(11(16)17)14-12(18)13-5-8-15-6-3-4-7-15/h9-10H,3-8H2,1-2H3,(H,16,17)(H2,13,14,18). The van der Waals surface area contributed by atoms with E-state index in [0.717, 1.165) is 19.6 Å². The molecule has 0 aromatic carbocycles. The summed E-state index contributed by atoms with van der Waals surface area (Å²) in [7, 11) is 0. The Bertz CT molecular complexity index is 288. The van der Waals surface area contributed by atoms with Crippen molar-refractivity contribution >= 4 is 12.0 Å². The molecule has 1 rings (SSSR count). The van der Waals surface area contributed by atoms with Gasteiger partial charge in [-0.1, -0.05) is 13.8 Å². The van der Waals surface area contributed by atoms with Gasteiger partial charge < -0.3 is 20.6 Å². The van der Waals surface area contributed by atoms with Crippen LogP contribution in [0.25, 0.3) is 0 Å². The summed E-state index contributed by atoms with van der Waals surface area (Å²) in [5.74, 6) is -1.13.